The monoisotopic (exact) mass is 261 g/mol. The summed E-state index contributed by atoms with van der Waals surface area (Å²) in [7, 11) is 1.61. The molecule has 1 aromatic rings. The Morgan fingerprint density at radius 2 is 1.89 bits per heavy atom. The number of benzene rings is 1. The van der Waals surface area contributed by atoms with Gasteiger partial charge in [-0.3, -0.25) is 9.69 Å². The van der Waals surface area contributed by atoms with Crippen molar-refractivity contribution in [3.63, 3.8) is 0 Å². The van der Waals surface area contributed by atoms with Crippen LogP contribution in [0.4, 0.5) is 0 Å². The average molecular weight is 261 g/mol. The molecule has 2 rings (SSSR count). The number of hydrogen-bond donors (Lipinski definition) is 0. The van der Waals surface area contributed by atoms with Gasteiger partial charge in [-0.2, -0.15) is 0 Å². The molecule has 3 nitrogen and oxygen atoms in total. The number of Topliss-reactive ketones (excluding diaryl/α,β-unsaturated/α-hetero) is 1. The first-order valence-corrected chi connectivity index (χ1v) is 6.90. The van der Waals surface area contributed by atoms with E-state index in [0.717, 1.165) is 25.9 Å². The maximum atomic E-state index is 12.3. The standard InChI is InChI=1S/C16H23NO2/c1-16(2)8-10-17(11-9-16)12-14(18)13-6-4-5-7-15(13)19-3/h4-7H,8-12H2,1-3H3. The van der Waals surface area contributed by atoms with Gasteiger partial charge in [0.25, 0.3) is 0 Å². The van der Waals surface area contributed by atoms with Gasteiger partial charge >= 0.3 is 0 Å². The third-order valence-corrected chi connectivity index (χ3v) is 3.98. The van der Waals surface area contributed by atoms with Crippen molar-refractivity contribution in [3.05, 3.63) is 29.8 Å². The van der Waals surface area contributed by atoms with Gasteiger partial charge in [-0.15, -0.1) is 0 Å². The van der Waals surface area contributed by atoms with Gasteiger partial charge in [0.15, 0.2) is 5.78 Å². The van der Waals surface area contributed by atoms with Gasteiger partial charge in [0.1, 0.15) is 5.75 Å². The Kier molecular flexibility index (Phi) is 4.25. The first kappa shape index (κ1) is 14.1. The smallest absolute Gasteiger partial charge is 0.180 e. The fraction of sp³-hybridized carbons (Fsp3) is 0.562. The van der Waals surface area contributed by atoms with Gasteiger partial charge in [-0.1, -0.05) is 26.0 Å². The molecule has 0 unspecified atom stereocenters. The average Bonchev–Trinajstić information content (AvgIpc) is 2.41. The summed E-state index contributed by atoms with van der Waals surface area (Å²) in [6.07, 6.45) is 2.32. The molecule has 1 saturated heterocycles. The van der Waals surface area contributed by atoms with Gasteiger partial charge in [0, 0.05) is 0 Å². The van der Waals surface area contributed by atoms with E-state index in [-0.39, 0.29) is 5.78 Å². The lowest BCUT2D eigenvalue weighted by molar-refractivity contribution is 0.0842. The van der Waals surface area contributed by atoms with E-state index in [2.05, 4.69) is 18.7 Å². The van der Waals surface area contributed by atoms with Crippen LogP contribution in [0.2, 0.25) is 0 Å². The summed E-state index contributed by atoms with van der Waals surface area (Å²) < 4.78 is 5.25. The number of piperidine rings is 1. The summed E-state index contributed by atoms with van der Waals surface area (Å²) in [5, 5.41) is 0. The van der Waals surface area contributed by atoms with Crippen molar-refractivity contribution in [3.8, 4) is 5.75 Å². The van der Waals surface area contributed by atoms with Gasteiger partial charge in [-0.05, 0) is 43.5 Å². The molecule has 1 heterocycles. The largest absolute Gasteiger partial charge is 0.496 e. The molecular weight excluding hydrogens is 238 g/mol. The summed E-state index contributed by atoms with van der Waals surface area (Å²) in [5.74, 6) is 0.821. The molecule has 104 valence electrons. The molecule has 0 saturated carbocycles. The predicted molar refractivity (Wildman–Crippen MR) is 76.8 cm³/mol. The zero-order valence-corrected chi connectivity index (χ0v) is 12.1. The number of ether oxygens (including phenoxy) is 1. The SMILES string of the molecule is COc1ccccc1C(=O)CN1CCC(C)(C)CC1. The molecule has 0 spiro atoms. The molecular formula is C16H23NO2. The Hall–Kier alpha value is -1.35. The zero-order valence-electron chi connectivity index (χ0n) is 12.1. The number of para-hydroxylation sites is 1. The van der Waals surface area contributed by atoms with Crippen molar-refractivity contribution in [1.82, 2.24) is 4.90 Å². The first-order chi connectivity index (χ1) is 9.02. The minimum absolute atomic E-state index is 0.150. The minimum atomic E-state index is 0.150. The van der Waals surface area contributed by atoms with E-state index in [1.165, 1.54) is 0 Å². The van der Waals surface area contributed by atoms with Crippen LogP contribution in [0.25, 0.3) is 0 Å². The molecule has 0 N–H and O–H groups in total. The van der Waals surface area contributed by atoms with Gasteiger partial charge in [-0.25, -0.2) is 0 Å². The second kappa shape index (κ2) is 5.74. The molecule has 1 aromatic carbocycles. The van der Waals surface area contributed by atoms with Crippen molar-refractivity contribution in [2.75, 3.05) is 26.7 Å². The molecule has 0 amide bonds. The Bertz CT molecular complexity index is 444. The van der Waals surface area contributed by atoms with Gasteiger partial charge in [0.2, 0.25) is 0 Å². The second-order valence-electron chi connectivity index (χ2n) is 6.06. The molecule has 0 aromatic heterocycles. The fourth-order valence-electron chi connectivity index (χ4n) is 2.48. The van der Waals surface area contributed by atoms with Crippen LogP contribution in [-0.2, 0) is 0 Å². The van der Waals surface area contributed by atoms with E-state index < -0.39 is 0 Å². The van der Waals surface area contributed by atoms with Crippen LogP contribution in [0.1, 0.15) is 37.0 Å². The number of likely N-dealkylation sites (tertiary alicyclic amines) is 1. The molecule has 1 fully saturated rings. The molecule has 0 radical (unpaired) electrons. The summed E-state index contributed by atoms with van der Waals surface area (Å²) >= 11 is 0. The van der Waals surface area contributed by atoms with Crippen LogP contribution in [0.15, 0.2) is 24.3 Å². The van der Waals surface area contributed by atoms with Crippen molar-refractivity contribution in [1.29, 1.82) is 0 Å². The highest BCUT2D eigenvalue weighted by Gasteiger charge is 2.26. The molecule has 1 aliphatic rings. The van der Waals surface area contributed by atoms with E-state index in [0.29, 0.717) is 23.3 Å². The van der Waals surface area contributed by atoms with Crippen molar-refractivity contribution in [2.24, 2.45) is 5.41 Å². The third-order valence-electron chi connectivity index (χ3n) is 3.98. The number of carbonyl (C=O) groups excluding carboxylic acids is 1. The summed E-state index contributed by atoms with van der Waals surface area (Å²) in [5.41, 5.74) is 1.11. The Morgan fingerprint density at radius 1 is 1.26 bits per heavy atom. The van der Waals surface area contributed by atoms with E-state index >= 15 is 0 Å². The van der Waals surface area contributed by atoms with Crippen molar-refractivity contribution in [2.45, 2.75) is 26.7 Å². The van der Waals surface area contributed by atoms with Crippen LogP contribution < -0.4 is 4.74 Å². The normalized spacial score (nSPS) is 19.1. The maximum absolute atomic E-state index is 12.3. The van der Waals surface area contributed by atoms with Crippen LogP contribution in [0.3, 0.4) is 0 Å². The lowest BCUT2D eigenvalue weighted by Gasteiger charge is -2.36. The summed E-state index contributed by atoms with van der Waals surface area (Å²) in [6, 6.07) is 7.45. The van der Waals surface area contributed by atoms with E-state index in [4.69, 9.17) is 4.74 Å². The molecule has 3 heteroatoms. The predicted octanol–water partition coefficient (Wildman–Crippen LogP) is 3.00. The first-order valence-electron chi connectivity index (χ1n) is 6.90. The van der Waals surface area contributed by atoms with E-state index in [9.17, 15) is 4.79 Å². The van der Waals surface area contributed by atoms with Gasteiger partial charge in [0.05, 0.1) is 19.2 Å². The molecule has 1 aliphatic heterocycles. The quantitative estimate of drug-likeness (QED) is 0.780. The zero-order chi connectivity index (χ0) is 13.9. The molecule has 0 aliphatic carbocycles. The highest BCUT2D eigenvalue weighted by molar-refractivity contribution is 6.00. The lowest BCUT2D eigenvalue weighted by atomic mass is 9.82. The number of ketones is 1. The summed E-state index contributed by atoms with van der Waals surface area (Å²) in [6.45, 7) is 7.11. The molecule has 0 atom stereocenters. The van der Waals surface area contributed by atoms with E-state index in [1.807, 2.05) is 24.3 Å². The number of methoxy groups -OCH3 is 1. The van der Waals surface area contributed by atoms with Crippen molar-refractivity contribution < 1.29 is 9.53 Å². The lowest BCUT2D eigenvalue weighted by Crippen LogP contribution is -2.40. The second-order valence-corrected chi connectivity index (χ2v) is 6.06. The van der Waals surface area contributed by atoms with Crippen LogP contribution in [0.5, 0.6) is 5.75 Å². The Labute approximate surface area is 115 Å². The molecule has 0 bridgehead atoms. The van der Waals surface area contributed by atoms with Crippen LogP contribution >= 0.6 is 0 Å². The number of hydrogen-bond acceptors (Lipinski definition) is 3. The van der Waals surface area contributed by atoms with Crippen molar-refractivity contribution >= 4 is 5.78 Å². The number of rotatable bonds is 4. The van der Waals surface area contributed by atoms with Crippen LogP contribution in [0, 0.1) is 5.41 Å². The van der Waals surface area contributed by atoms with E-state index in [1.54, 1.807) is 7.11 Å². The maximum Gasteiger partial charge on any atom is 0.180 e. The number of nitrogens with zero attached hydrogens (tertiary/aromatic N) is 1. The Morgan fingerprint density at radius 3 is 2.53 bits per heavy atom. The minimum Gasteiger partial charge on any atom is -0.496 e. The summed E-state index contributed by atoms with van der Waals surface area (Å²) in [4.78, 5) is 14.6. The van der Waals surface area contributed by atoms with Crippen LogP contribution in [-0.4, -0.2) is 37.4 Å². The highest BCUT2D eigenvalue weighted by Crippen LogP contribution is 2.29. The highest BCUT2D eigenvalue weighted by atomic mass is 16.5. The van der Waals surface area contributed by atoms with Gasteiger partial charge < -0.3 is 4.74 Å². The third kappa shape index (κ3) is 3.57. The molecule has 19 heavy (non-hydrogen) atoms. The topological polar surface area (TPSA) is 29.5 Å². The number of carbonyl (C=O) groups is 1. The Balaban J connectivity index is 1.98. The fourth-order valence-corrected chi connectivity index (χ4v) is 2.48.